The third kappa shape index (κ3) is 1.82. The molecule has 0 bridgehead atoms. The molecule has 2 aliphatic rings. The van der Waals surface area contributed by atoms with Crippen LogP contribution in [0.5, 0.6) is 0 Å². The van der Waals surface area contributed by atoms with Crippen molar-refractivity contribution in [3.8, 4) is 0 Å². The third-order valence-corrected chi connectivity index (χ3v) is 3.53. The maximum absolute atomic E-state index is 13.1. The van der Waals surface area contributed by atoms with Gasteiger partial charge in [0.25, 0.3) is 0 Å². The van der Waals surface area contributed by atoms with Gasteiger partial charge < -0.3 is 5.32 Å². The van der Waals surface area contributed by atoms with E-state index in [1.54, 1.807) is 18.5 Å². The normalized spacial score (nSPS) is 26.8. The quantitative estimate of drug-likeness (QED) is 0.806. The van der Waals surface area contributed by atoms with Crippen molar-refractivity contribution < 1.29 is 4.39 Å². The van der Waals surface area contributed by atoms with E-state index in [4.69, 9.17) is 0 Å². The van der Waals surface area contributed by atoms with Gasteiger partial charge in [-0.05, 0) is 48.4 Å². The van der Waals surface area contributed by atoms with Gasteiger partial charge in [-0.15, -0.1) is 0 Å². The second kappa shape index (κ2) is 3.89. The summed E-state index contributed by atoms with van der Waals surface area (Å²) in [4.78, 5) is 4.17. The zero-order valence-corrected chi connectivity index (χ0v) is 9.12. The van der Waals surface area contributed by atoms with Crippen LogP contribution < -0.4 is 5.32 Å². The Hall–Kier alpha value is -1.38. The number of benzene rings is 1. The predicted octanol–water partition coefficient (Wildman–Crippen LogP) is 1.93. The van der Waals surface area contributed by atoms with Crippen molar-refractivity contribution in [3.05, 3.63) is 35.1 Å². The van der Waals surface area contributed by atoms with Crippen LogP contribution in [0.4, 0.5) is 4.39 Å². The van der Waals surface area contributed by atoms with Gasteiger partial charge in [-0.3, -0.25) is 4.99 Å². The monoisotopic (exact) mass is 218 g/mol. The van der Waals surface area contributed by atoms with Crippen LogP contribution in [0.25, 0.3) is 0 Å². The molecular formula is C13H15FN2. The largest absolute Gasteiger partial charge is 0.372 e. The second-order valence-electron chi connectivity index (χ2n) is 4.78. The topological polar surface area (TPSA) is 24.4 Å². The average Bonchev–Trinajstić information content (AvgIpc) is 2.86. The van der Waals surface area contributed by atoms with Gasteiger partial charge in [0.2, 0.25) is 0 Å². The molecule has 0 saturated heterocycles. The summed E-state index contributed by atoms with van der Waals surface area (Å²) in [6, 6.07) is 5.68. The molecule has 1 aromatic carbocycles. The molecule has 2 nitrogen and oxygen atoms in total. The molecular weight excluding hydrogens is 203 g/mol. The Kier molecular flexibility index (Phi) is 2.39. The van der Waals surface area contributed by atoms with Crippen molar-refractivity contribution in [1.82, 2.24) is 5.32 Å². The molecule has 0 fully saturated rings. The molecule has 1 heterocycles. The van der Waals surface area contributed by atoms with Crippen LogP contribution in [0.3, 0.4) is 0 Å². The fourth-order valence-electron chi connectivity index (χ4n) is 2.78. The van der Waals surface area contributed by atoms with E-state index in [0.29, 0.717) is 12.0 Å². The number of rotatable bonds is 2. The first-order chi connectivity index (χ1) is 7.81. The minimum absolute atomic E-state index is 0.110. The van der Waals surface area contributed by atoms with Gasteiger partial charge >= 0.3 is 0 Å². The Morgan fingerprint density at radius 3 is 3.00 bits per heavy atom. The summed E-state index contributed by atoms with van der Waals surface area (Å²) in [5, 5.41) is 3.26. The summed E-state index contributed by atoms with van der Waals surface area (Å²) >= 11 is 0. The van der Waals surface area contributed by atoms with Crippen molar-refractivity contribution in [1.29, 1.82) is 0 Å². The van der Waals surface area contributed by atoms with Crippen LogP contribution in [0, 0.1) is 11.7 Å². The van der Waals surface area contributed by atoms with Crippen LogP contribution in [-0.2, 0) is 12.8 Å². The first kappa shape index (κ1) is 9.82. The molecule has 0 spiro atoms. The zero-order valence-electron chi connectivity index (χ0n) is 9.12. The number of halogens is 1. The Balaban J connectivity index is 1.66. The van der Waals surface area contributed by atoms with E-state index >= 15 is 0 Å². The van der Waals surface area contributed by atoms with Gasteiger partial charge in [0.1, 0.15) is 5.82 Å². The summed E-state index contributed by atoms with van der Waals surface area (Å²) in [5.74, 6) is 0.540. The SMILES string of the molecule is Fc1ccc2c(c1)C[C@H](C[C@H]1CN=CN1)C2. The van der Waals surface area contributed by atoms with Crippen LogP contribution in [0.1, 0.15) is 17.5 Å². The lowest BCUT2D eigenvalue weighted by molar-refractivity contribution is 0.444. The molecule has 0 saturated carbocycles. The molecule has 0 amide bonds. The number of hydrogen-bond acceptors (Lipinski definition) is 2. The molecule has 2 atom stereocenters. The van der Waals surface area contributed by atoms with E-state index in [9.17, 15) is 4.39 Å². The van der Waals surface area contributed by atoms with Gasteiger partial charge in [0.05, 0.1) is 12.9 Å². The molecule has 1 aliphatic carbocycles. The van der Waals surface area contributed by atoms with E-state index in [1.165, 1.54) is 11.1 Å². The Bertz CT molecular complexity index is 420. The van der Waals surface area contributed by atoms with Gasteiger partial charge in [0, 0.05) is 6.04 Å². The van der Waals surface area contributed by atoms with Crippen molar-refractivity contribution >= 4 is 6.34 Å². The van der Waals surface area contributed by atoms with Crippen LogP contribution in [-0.4, -0.2) is 18.9 Å². The summed E-state index contributed by atoms with van der Waals surface area (Å²) < 4.78 is 13.1. The molecule has 1 aromatic rings. The summed E-state index contributed by atoms with van der Waals surface area (Å²) in [6.45, 7) is 0.890. The van der Waals surface area contributed by atoms with Gasteiger partial charge in [-0.25, -0.2) is 4.39 Å². The van der Waals surface area contributed by atoms with Crippen molar-refractivity contribution in [2.75, 3.05) is 6.54 Å². The van der Waals surface area contributed by atoms with Gasteiger partial charge in [0.15, 0.2) is 0 Å². The maximum Gasteiger partial charge on any atom is 0.123 e. The standard InChI is InChI=1S/C13H15FN2/c14-12-2-1-10-3-9(4-11(10)6-12)5-13-7-15-8-16-13/h1-2,6,8-9,13H,3-5,7H2,(H,15,16)/t9-,13+/m1/s1. The van der Waals surface area contributed by atoms with E-state index < -0.39 is 0 Å². The fraction of sp³-hybridized carbons (Fsp3) is 0.462. The number of aliphatic imine (C=N–C) groups is 1. The first-order valence-corrected chi connectivity index (χ1v) is 5.83. The zero-order chi connectivity index (χ0) is 11.0. The second-order valence-corrected chi connectivity index (χ2v) is 4.78. The summed E-state index contributed by atoms with van der Waals surface area (Å²) in [7, 11) is 0. The van der Waals surface area contributed by atoms with Crippen molar-refractivity contribution in [3.63, 3.8) is 0 Å². The summed E-state index contributed by atoms with van der Waals surface area (Å²) in [6.07, 6.45) is 5.04. The van der Waals surface area contributed by atoms with E-state index in [-0.39, 0.29) is 5.82 Å². The van der Waals surface area contributed by atoms with Gasteiger partial charge in [-0.1, -0.05) is 6.07 Å². The van der Waals surface area contributed by atoms with Crippen molar-refractivity contribution in [2.45, 2.75) is 25.3 Å². The lowest BCUT2D eigenvalue weighted by Gasteiger charge is -2.14. The van der Waals surface area contributed by atoms with Crippen LogP contribution in [0.2, 0.25) is 0 Å². The molecule has 1 aliphatic heterocycles. The van der Waals surface area contributed by atoms with Gasteiger partial charge in [-0.2, -0.15) is 0 Å². The average molecular weight is 218 g/mol. The number of hydrogen-bond donors (Lipinski definition) is 1. The molecule has 3 heteroatoms. The van der Waals surface area contributed by atoms with Crippen molar-refractivity contribution in [2.24, 2.45) is 10.9 Å². The molecule has 3 rings (SSSR count). The smallest absolute Gasteiger partial charge is 0.123 e. The molecule has 0 aromatic heterocycles. The highest BCUT2D eigenvalue weighted by Gasteiger charge is 2.25. The Morgan fingerprint density at radius 2 is 2.19 bits per heavy atom. The van der Waals surface area contributed by atoms with Crippen LogP contribution >= 0.6 is 0 Å². The van der Waals surface area contributed by atoms with E-state index in [0.717, 1.165) is 25.8 Å². The molecule has 1 N–H and O–H groups in total. The maximum atomic E-state index is 13.1. The molecule has 84 valence electrons. The van der Waals surface area contributed by atoms with E-state index in [2.05, 4.69) is 10.3 Å². The summed E-state index contributed by atoms with van der Waals surface area (Å²) in [5.41, 5.74) is 2.52. The number of nitrogens with one attached hydrogen (secondary N) is 1. The molecule has 0 unspecified atom stereocenters. The minimum atomic E-state index is -0.110. The molecule has 16 heavy (non-hydrogen) atoms. The highest BCUT2D eigenvalue weighted by Crippen LogP contribution is 2.30. The number of nitrogens with zero attached hydrogens (tertiary/aromatic N) is 1. The lowest BCUT2D eigenvalue weighted by Crippen LogP contribution is -2.27. The third-order valence-electron chi connectivity index (χ3n) is 3.53. The van der Waals surface area contributed by atoms with Crippen LogP contribution in [0.15, 0.2) is 23.2 Å². The van der Waals surface area contributed by atoms with E-state index in [1.807, 2.05) is 6.07 Å². The Labute approximate surface area is 94.6 Å². The lowest BCUT2D eigenvalue weighted by atomic mass is 9.97. The first-order valence-electron chi connectivity index (χ1n) is 5.83. The Morgan fingerprint density at radius 1 is 1.31 bits per heavy atom. The highest BCUT2D eigenvalue weighted by molar-refractivity contribution is 5.57. The number of fused-ring (bicyclic) bond motifs is 1. The minimum Gasteiger partial charge on any atom is -0.372 e. The fourth-order valence-corrected chi connectivity index (χ4v) is 2.78. The highest BCUT2D eigenvalue weighted by atomic mass is 19.1. The predicted molar refractivity (Wildman–Crippen MR) is 62.2 cm³/mol. The molecule has 0 radical (unpaired) electrons.